The number of nitrogens with one attached hydrogen (secondary N) is 1. The highest BCUT2D eigenvalue weighted by Gasteiger charge is 2.14. The van der Waals surface area contributed by atoms with Crippen molar-refractivity contribution in [3.63, 3.8) is 0 Å². The standard InChI is InChI=1S/C14H16N2OS/c1-10-4-6-11(7-5-10)17-9-13-16-14-12(18-13)3-2-8-15-14/h4-7,15H,2-3,8-9H2,1H3. The third-order valence-electron chi connectivity index (χ3n) is 3.00. The van der Waals surface area contributed by atoms with Gasteiger partial charge in [-0.2, -0.15) is 0 Å². The molecule has 2 heterocycles. The Bertz CT molecular complexity index is 510. The summed E-state index contributed by atoms with van der Waals surface area (Å²) in [5, 5.41) is 4.38. The van der Waals surface area contributed by atoms with Gasteiger partial charge >= 0.3 is 0 Å². The molecule has 94 valence electrons. The van der Waals surface area contributed by atoms with E-state index >= 15 is 0 Å². The van der Waals surface area contributed by atoms with Crippen molar-refractivity contribution < 1.29 is 4.74 Å². The molecule has 18 heavy (non-hydrogen) atoms. The predicted octanol–water partition coefficient (Wildman–Crippen LogP) is 3.39. The molecule has 1 aromatic heterocycles. The minimum Gasteiger partial charge on any atom is -0.486 e. The van der Waals surface area contributed by atoms with Crippen molar-refractivity contribution in [2.45, 2.75) is 26.4 Å². The average Bonchev–Trinajstić information content (AvgIpc) is 2.81. The van der Waals surface area contributed by atoms with Crippen LogP contribution >= 0.6 is 11.3 Å². The molecule has 0 spiro atoms. The van der Waals surface area contributed by atoms with Gasteiger partial charge in [0.25, 0.3) is 0 Å². The molecule has 0 aliphatic carbocycles. The van der Waals surface area contributed by atoms with Crippen molar-refractivity contribution in [2.24, 2.45) is 0 Å². The van der Waals surface area contributed by atoms with Crippen molar-refractivity contribution >= 4 is 17.2 Å². The summed E-state index contributed by atoms with van der Waals surface area (Å²) in [6.07, 6.45) is 2.35. The number of rotatable bonds is 3. The highest BCUT2D eigenvalue weighted by molar-refractivity contribution is 7.12. The van der Waals surface area contributed by atoms with Crippen LogP contribution < -0.4 is 10.1 Å². The van der Waals surface area contributed by atoms with Crippen LogP contribution in [0.4, 0.5) is 5.82 Å². The first kappa shape index (κ1) is 11.5. The molecule has 0 saturated carbocycles. The maximum absolute atomic E-state index is 5.74. The summed E-state index contributed by atoms with van der Waals surface area (Å²) in [6, 6.07) is 8.12. The minimum atomic E-state index is 0.558. The number of anilines is 1. The second-order valence-corrected chi connectivity index (χ2v) is 5.68. The van der Waals surface area contributed by atoms with Crippen LogP contribution in [-0.2, 0) is 13.0 Å². The minimum absolute atomic E-state index is 0.558. The van der Waals surface area contributed by atoms with Gasteiger partial charge in [-0.3, -0.25) is 0 Å². The molecule has 3 nitrogen and oxygen atoms in total. The Morgan fingerprint density at radius 3 is 2.94 bits per heavy atom. The number of hydrogen-bond acceptors (Lipinski definition) is 4. The molecule has 0 unspecified atom stereocenters. The molecule has 2 aromatic rings. The molecule has 0 amide bonds. The molecule has 0 saturated heterocycles. The lowest BCUT2D eigenvalue weighted by Gasteiger charge is -2.10. The van der Waals surface area contributed by atoms with E-state index in [1.165, 1.54) is 16.9 Å². The summed E-state index contributed by atoms with van der Waals surface area (Å²) in [4.78, 5) is 5.93. The third-order valence-corrected chi connectivity index (χ3v) is 4.09. The molecular weight excluding hydrogens is 244 g/mol. The quantitative estimate of drug-likeness (QED) is 0.918. The van der Waals surface area contributed by atoms with Gasteiger partial charge < -0.3 is 10.1 Å². The molecule has 4 heteroatoms. The van der Waals surface area contributed by atoms with Crippen molar-refractivity contribution in [3.05, 3.63) is 39.7 Å². The lowest BCUT2D eigenvalue weighted by molar-refractivity contribution is 0.305. The molecule has 0 bridgehead atoms. The summed E-state index contributed by atoms with van der Waals surface area (Å²) in [6.45, 7) is 3.67. The second-order valence-electron chi connectivity index (χ2n) is 4.51. The highest BCUT2D eigenvalue weighted by Crippen LogP contribution is 2.28. The Morgan fingerprint density at radius 2 is 2.17 bits per heavy atom. The van der Waals surface area contributed by atoms with Crippen LogP contribution in [-0.4, -0.2) is 11.5 Å². The Balaban J connectivity index is 1.66. The molecule has 1 N–H and O–H groups in total. The van der Waals surface area contributed by atoms with Gasteiger partial charge in [-0.1, -0.05) is 17.7 Å². The zero-order valence-electron chi connectivity index (χ0n) is 10.4. The lowest BCUT2D eigenvalue weighted by Crippen LogP contribution is -2.09. The SMILES string of the molecule is Cc1ccc(OCc2nc3c(s2)CCCN3)cc1. The smallest absolute Gasteiger partial charge is 0.140 e. The van der Waals surface area contributed by atoms with Crippen LogP contribution in [0.5, 0.6) is 5.75 Å². The summed E-state index contributed by atoms with van der Waals surface area (Å²) >= 11 is 1.76. The summed E-state index contributed by atoms with van der Waals surface area (Å²) in [5.41, 5.74) is 1.25. The second kappa shape index (κ2) is 4.98. The Morgan fingerprint density at radius 1 is 1.33 bits per heavy atom. The van der Waals surface area contributed by atoms with Crippen molar-refractivity contribution in [1.29, 1.82) is 0 Å². The summed E-state index contributed by atoms with van der Waals surface area (Å²) in [5.74, 6) is 1.97. The Hall–Kier alpha value is -1.55. The van der Waals surface area contributed by atoms with E-state index in [9.17, 15) is 0 Å². The average molecular weight is 260 g/mol. The molecule has 1 aliphatic rings. The molecule has 1 aromatic carbocycles. The van der Waals surface area contributed by atoms with E-state index in [0.717, 1.165) is 29.5 Å². The Kier molecular flexibility index (Phi) is 3.19. The van der Waals surface area contributed by atoms with E-state index in [1.807, 2.05) is 12.1 Å². The highest BCUT2D eigenvalue weighted by atomic mass is 32.1. The van der Waals surface area contributed by atoms with Gasteiger partial charge in [0.05, 0.1) is 0 Å². The number of aromatic nitrogens is 1. The van der Waals surface area contributed by atoms with Crippen LogP contribution in [0.3, 0.4) is 0 Å². The van der Waals surface area contributed by atoms with Gasteiger partial charge in [-0.15, -0.1) is 11.3 Å². The van der Waals surface area contributed by atoms with Gasteiger partial charge in [0.15, 0.2) is 0 Å². The molecule has 0 fully saturated rings. The first-order valence-electron chi connectivity index (χ1n) is 6.23. The monoisotopic (exact) mass is 260 g/mol. The van der Waals surface area contributed by atoms with Crippen molar-refractivity contribution in [2.75, 3.05) is 11.9 Å². The normalized spacial score (nSPS) is 13.8. The van der Waals surface area contributed by atoms with Gasteiger partial charge in [-0.05, 0) is 31.9 Å². The number of nitrogens with zero attached hydrogens (tertiary/aromatic N) is 1. The number of ether oxygens (including phenoxy) is 1. The molecule has 1 aliphatic heterocycles. The number of fused-ring (bicyclic) bond motifs is 1. The topological polar surface area (TPSA) is 34.1 Å². The molecular formula is C14H16N2OS. The zero-order valence-corrected chi connectivity index (χ0v) is 11.2. The van der Waals surface area contributed by atoms with Gasteiger partial charge in [0.2, 0.25) is 0 Å². The fourth-order valence-electron chi connectivity index (χ4n) is 2.01. The van der Waals surface area contributed by atoms with Crippen LogP contribution in [0.25, 0.3) is 0 Å². The van der Waals surface area contributed by atoms with Crippen molar-refractivity contribution in [1.82, 2.24) is 4.98 Å². The fraction of sp³-hybridized carbons (Fsp3) is 0.357. The van der Waals surface area contributed by atoms with Crippen molar-refractivity contribution in [3.8, 4) is 5.75 Å². The molecule has 0 atom stereocenters. The number of hydrogen-bond donors (Lipinski definition) is 1. The van der Waals surface area contributed by atoms with Gasteiger partial charge in [0, 0.05) is 11.4 Å². The van der Waals surface area contributed by atoms with Crippen LogP contribution in [0.1, 0.15) is 21.9 Å². The van der Waals surface area contributed by atoms with E-state index < -0.39 is 0 Å². The van der Waals surface area contributed by atoms with E-state index in [4.69, 9.17) is 4.74 Å². The number of aryl methyl sites for hydroxylation is 2. The summed E-state index contributed by atoms with van der Waals surface area (Å²) < 4.78 is 5.74. The Labute approximate surface area is 111 Å². The van der Waals surface area contributed by atoms with Gasteiger partial charge in [0.1, 0.15) is 23.2 Å². The fourth-order valence-corrected chi connectivity index (χ4v) is 3.01. The number of benzene rings is 1. The largest absolute Gasteiger partial charge is 0.486 e. The zero-order chi connectivity index (χ0) is 12.4. The van der Waals surface area contributed by atoms with E-state index in [2.05, 4.69) is 29.4 Å². The first-order valence-corrected chi connectivity index (χ1v) is 7.05. The predicted molar refractivity (Wildman–Crippen MR) is 74.4 cm³/mol. The van der Waals surface area contributed by atoms with Gasteiger partial charge in [-0.25, -0.2) is 4.98 Å². The maximum atomic E-state index is 5.74. The van der Waals surface area contributed by atoms with Crippen LogP contribution in [0.2, 0.25) is 0 Å². The lowest BCUT2D eigenvalue weighted by atomic mass is 10.2. The summed E-state index contributed by atoms with van der Waals surface area (Å²) in [7, 11) is 0. The third kappa shape index (κ3) is 2.48. The first-order chi connectivity index (χ1) is 8.81. The molecule has 3 rings (SSSR count). The van der Waals surface area contributed by atoms with Crippen LogP contribution in [0.15, 0.2) is 24.3 Å². The molecule has 0 radical (unpaired) electrons. The number of thiazole rings is 1. The maximum Gasteiger partial charge on any atom is 0.140 e. The van der Waals surface area contributed by atoms with Crippen LogP contribution in [0, 0.1) is 6.92 Å². The van der Waals surface area contributed by atoms with E-state index in [0.29, 0.717) is 6.61 Å². The van der Waals surface area contributed by atoms with E-state index in [1.54, 1.807) is 11.3 Å². The van der Waals surface area contributed by atoms with E-state index in [-0.39, 0.29) is 0 Å².